The number of nitrogens with zero attached hydrogens (tertiary/aromatic N) is 5. The number of rotatable bonds is 3. The van der Waals surface area contributed by atoms with Crippen LogP contribution < -0.4 is 9.80 Å². The molecule has 0 bridgehead atoms. The van der Waals surface area contributed by atoms with Crippen LogP contribution in [0.5, 0.6) is 0 Å². The highest BCUT2D eigenvalue weighted by Crippen LogP contribution is 2.37. The van der Waals surface area contributed by atoms with E-state index in [0.29, 0.717) is 30.4 Å². The van der Waals surface area contributed by atoms with Gasteiger partial charge in [0.05, 0.1) is 6.20 Å². The first-order chi connectivity index (χ1) is 13.6. The molecule has 1 atom stereocenters. The fourth-order valence-corrected chi connectivity index (χ4v) is 3.49. The van der Waals surface area contributed by atoms with Crippen molar-refractivity contribution < 1.29 is 14.0 Å². The minimum Gasteiger partial charge on any atom is -0.344 e. The molecule has 0 N–H and O–H groups in total. The van der Waals surface area contributed by atoms with E-state index in [4.69, 9.17) is 0 Å². The summed E-state index contributed by atoms with van der Waals surface area (Å²) in [5.74, 6) is 0.525. The van der Waals surface area contributed by atoms with Crippen molar-refractivity contribution in [2.24, 2.45) is 0 Å². The first-order valence-corrected chi connectivity index (χ1v) is 9.15. The molecule has 2 aromatic rings. The van der Waals surface area contributed by atoms with E-state index in [1.807, 2.05) is 0 Å². The molecule has 1 aromatic carbocycles. The maximum atomic E-state index is 13.0. The molecule has 1 aromatic heterocycles. The topological polar surface area (TPSA) is 69.6 Å². The number of aromatic nitrogens is 2. The summed E-state index contributed by atoms with van der Waals surface area (Å²) < 4.78 is 13.0. The number of likely N-dealkylation sites (tertiary alicyclic amines) is 1. The van der Waals surface area contributed by atoms with E-state index in [1.54, 1.807) is 47.3 Å². The molecule has 2 aliphatic heterocycles. The lowest BCUT2D eigenvalue weighted by Crippen LogP contribution is -2.51. The number of likely N-dealkylation sites (N-methyl/N-ethyl adjacent to an activating group) is 1. The van der Waals surface area contributed by atoms with E-state index in [-0.39, 0.29) is 11.8 Å². The van der Waals surface area contributed by atoms with Crippen LogP contribution in [0.4, 0.5) is 20.7 Å². The average Bonchev–Trinajstić information content (AvgIpc) is 3.33. The molecule has 1 saturated heterocycles. The van der Waals surface area contributed by atoms with Crippen LogP contribution in [-0.2, 0) is 4.79 Å². The van der Waals surface area contributed by atoms with Crippen molar-refractivity contribution in [2.45, 2.75) is 19.0 Å². The number of anilines is 2. The van der Waals surface area contributed by atoms with Gasteiger partial charge < -0.3 is 9.80 Å². The Morgan fingerprint density at radius 1 is 1.18 bits per heavy atom. The second-order valence-corrected chi connectivity index (χ2v) is 6.83. The minimum atomic E-state index is -0.742. The SMILES string of the molecule is CN1c2cnc(/C=C/c3ccc(F)cc3)nc2N(C(=O)N2CCCC2)C1C=O. The molecule has 0 aliphatic carbocycles. The van der Waals surface area contributed by atoms with Gasteiger partial charge in [-0.15, -0.1) is 0 Å². The van der Waals surface area contributed by atoms with Crippen LogP contribution in [0.15, 0.2) is 30.5 Å². The fraction of sp³-hybridized carbons (Fsp3) is 0.300. The number of hydrogen-bond donors (Lipinski definition) is 0. The molecule has 1 unspecified atom stereocenters. The summed E-state index contributed by atoms with van der Waals surface area (Å²) >= 11 is 0. The molecule has 8 heteroatoms. The monoisotopic (exact) mass is 381 g/mol. The van der Waals surface area contributed by atoms with Gasteiger partial charge in [-0.3, -0.25) is 4.79 Å². The van der Waals surface area contributed by atoms with Gasteiger partial charge in [0.15, 0.2) is 24.1 Å². The highest BCUT2D eigenvalue weighted by Gasteiger charge is 2.41. The summed E-state index contributed by atoms with van der Waals surface area (Å²) in [7, 11) is 1.74. The first-order valence-electron chi connectivity index (χ1n) is 9.15. The summed E-state index contributed by atoms with van der Waals surface area (Å²) in [6.45, 7) is 1.37. The lowest BCUT2D eigenvalue weighted by Gasteiger charge is -2.28. The standard InChI is InChI=1S/C20H20FN5O2/c1-24-16-12-22-17(9-6-14-4-7-15(21)8-5-14)23-19(16)26(18(24)13-27)20(28)25-10-2-3-11-25/h4-9,12-13,18H,2-3,10-11H2,1H3/b9-6+. The summed E-state index contributed by atoms with van der Waals surface area (Å²) in [6, 6.07) is 5.84. The largest absolute Gasteiger partial charge is 0.344 e. The Morgan fingerprint density at radius 2 is 1.89 bits per heavy atom. The average molecular weight is 381 g/mol. The quantitative estimate of drug-likeness (QED) is 0.765. The normalized spacial score (nSPS) is 18.8. The zero-order chi connectivity index (χ0) is 19.7. The van der Waals surface area contributed by atoms with Gasteiger partial charge in [0.1, 0.15) is 11.5 Å². The Bertz CT molecular complexity index is 925. The Morgan fingerprint density at radius 3 is 2.57 bits per heavy atom. The molecule has 0 radical (unpaired) electrons. The number of carbonyl (C=O) groups is 2. The number of amides is 2. The number of urea groups is 1. The summed E-state index contributed by atoms with van der Waals surface area (Å²) in [4.78, 5) is 38.4. The van der Waals surface area contributed by atoms with E-state index >= 15 is 0 Å². The molecular formula is C20H20FN5O2. The molecule has 0 spiro atoms. The molecule has 4 rings (SSSR count). The van der Waals surface area contributed by atoms with Gasteiger partial charge in [-0.1, -0.05) is 18.2 Å². The van der Waals surface area contributed by atoms with Crippen LogP contribution in [0.3, 0.4) is 0 Å². The minimum absolute atomic E-state index is 0.215. The van der Waals surface area contributed by atoms with Crippen LogP contribution in [0.1, 0.15) is 24.2 Å². The van der Waals surface area contributed by atoms with Crippen molar-refractivity contribution in [3.05, 3.63) is 47.7 Å². The van der Waals surface area contributed by atoms with Crippen molar-refractivity contribution in [1.29, 1.82) is 0 Å². The molecule has 28 heavy (non-hydrogen) atoms. The Hall–Kier alpha value is -3.29. The summed E-state index contributed by atoms with van der Waals surface area (Å²) in [5.41, 5.74) is 1.43. The van der Waals surface area contributed by atoms with Crippen LogP contribution in [0.2, 0.25) is 0 Å². The molecule has 1 fully saturated rings. The number of aldehydes is 1. The Labute approximate surface area is 162 Å². The molecule has 3 heterocycles. The Kier molecular flexibility index (Phi) is 4.77. The van der Waals surface area contributed by atoms with E-state index < -0.39 is 6.17 Å². The van der Waals surface area contributed by atoms with E-state index in [0.717, 1.165) is 24.7 Å². The van der Waals surface area contributed by atoms with Gasteiger partial charge in [-0.25, -0.2) is 24.1 Å². The fourth-order valence-electron chi connectivity index (χ4n) is 3.49. The first kappa shape index (κ1) is 18.1. The molecule has 2 amide bonds. The van der Waals surface area contributed by atoms with Crippen LogP contribution in [0.25, 0.3) is 12.2 Å². The summed E-state index contributed by atoms with van der Waals surface area (Å²) in [6.07, 6.45) is 7.00. The third-order valence-electron chi connectivity index (χ3n) is 5.04. The Balaban J connectivity index is 1.66. The number of benzene rings is 1. The predicted molar refractivity (Wildman–Crippen MR) is 104 cm³/mol. The number of carbonyl (C=O) groups excluding carboxylic acids is 2. The van der Waals surface area contributed by atoms with Gasteiger partial charge in [0, 0.05) is 20.1 Å². The zero-order valence-corrected chi connectivity index (χ0v) is 15.5. The van der Waals surface area contributed by atoms with Crippen molar-refractivity contribution in [1.82, 2.24) is 14.9 Å². The third kappa shape index (κ3) is 3.21. The van der Waals surface area contributed by atoms with Crippen LogP contribution >= 0.6 is 0 Å². The number of fused-ring (bicyclic) bond motifs is 1. The van der Waals surface area contributed by atoms with Gasteiger partial charge in [-0.05, 0) is 36.6 Å². The maximum absolute atomic E-state index is 13.0. The molecular weight excluding hydrogens is 361 g/mol. The van der Waals surface area contributed by atoms with Crippen molar-refractivity contribution >= 4 is 36.0 Å². The van der Waals surface area contributed by atoms with E-state index in [9.17, 15) is 14.0 Å². The van der Waals surface area contributed by atoms with Gasteiger partial charge in [0.25, 0.3) is 0 Å². The van der Waals surface area contributed by atoms with Crippen molar-refractivity contribution in [3.63, 3.8) is 0 Å². The third-order valence-corrected chi connectivity index (χ3v) is 5.04. The molecule has 144 valence electrons. The predicted octanol–water partition coefficient (Wildman–Crippen LogP) is 2.78. The highest BCUT2D eigenvalue weighted by atomic mass is 19.1. The van der Waals surface area contributed by atoms with Gasteiger partial charge in [0.2, 0.25) is 0 Å². The zero-order valence-electron chi connectivity index (χ0n) is 15.5. The smallest absolute Gasteiger partial charge is 0.327 e. The van der Waals surface area contributed by atoms with Gasteiger partial charge in [-0.2, -0.15) is 0 Å². The van der Waals surface area contributed by atoms with Crippen molar-refractivity contribution in [2.75, 3.05) is 29.9 Å². The van der Waals surface area contributed by atoms with E-state index in [2.05, 4.69) is 9.97 Å². The lowest BCUT2D eigenvalue weighted by molar-refractivity contribution is -0.108. The lowest BCUT2D eigenvalue weighted by atomic mass is 10.2. The van der Waals surface area contributed by atoms with Gasteiger partial charge >= 0.3 is 6.03 Å². The number of halogens is 1. The van der Waals surface area contributed by atoms with E-state index in [1.165, 1.54) is 17.0 Å². The molecule has 7 nitrogen and oxygen atoms in total. The van der Waals surface area contributed by atoms with Crippen LogP contribution in [0, 0.1) is 5.82 Å². The second kappa shape index (κ2) is 7.38. The van der Waals surface area contributed by atoms with Crippen LogP contribution in [-0.4, -0.2) is 53.5 Å². The maximum Gasteiger partial charge on any atom is 0.327 e. The molecule has 2 aliphatic rings. The molecule has 0 saturated carbocycles. The van der Waals surface area contributed by atoms with Crippen molar-refractivity contribution in [3.8, 4) is 0 Å². The highest BCUT2D eigenvalue weighted by molar-refractivity contribution is 6.02. The second-order valence-electron chi connectivity index (χ2n) is 6.83. The summed E-state index contributed by atoms with van der Waals surface area (Å²) in [5, 5.41) is 0. The number of hydrogen-bond acceptors (Lipinski definition) is 5.